The van der Waals surface area contributed by atoms with E-state index < -0.39 is 0 Å². The Labute approximate surface area is 211 Å². The molecule has 1 fully saturated rings. The van der Waals surface area contributed by atoms with E-state index in [9.17, 15) is 9.59 Å². The van der Waals surface area contributed by atoms with Gasteiger partial charge in [0.1, 0.15) is 15.8 Å². The zero-order chi connectivity index (χ0) is 24.5. The van der Waals surface area contributed by atoms with Crippen LogP contribution in [0.3, 0.4) is 0 Å². The van der Waals surface area contributed by atoms with E-state index in [0.29, 0.717) is 50.8 Å². The van der Waals surface area contributed by atoms with Crippen molar-refractivity contribution in [2.75, 3.05) is 18.7 Å². The molecule has 0 bridgehead atoms. The number of ether oxygens (including phenoxy) is 2. The molecule has 0 spiro atoms. The molecule has 0 radical (unpaired) electrons. The number of rotatable bonds is 7. The van der Waals surface area contributed by atoms with Crippen LogP contribution in [-0.4, -0.2) is 37.8 Å². The topological polar surface area (TPSA) is 85.2 Å². The van der Waals surface area contributed by atoms with Gasteiger partial charge in [0.2, 0.25) is 6.79 Å². The number of pyridine rings is 1. The number of benzene rings is 1. The monoisotopic (exact) mass is 508 g/mol. The van der Waals surface area contributed by atoms with E-state index in [2.05, 4.69) is 12.2 Å². The highest BCUT2D eigenvalue weighted by Crippen LogP contribution is 2.36. The molecule has 1 saturated heterocycles. The first-order valence-electron chi connectivity index (χ1n) is 11.4. The molecule has 0 unspecified atom stereocenters. The van der Waals surface area contributed by atoms with Crippen LogP contribution in [0.15, 0.2) is 46.2 Å². The van der Waals surface area contributed by atoms with Gasteiger partial charge in [0.05, 0.1) is 17.0 Å². The number of nitrogens with zero attached hydrogens (tertiary/aromatic N) is 3. The van der Waals surface area contributed by atoms with Crippen molar-refractivity contribution in [2.24, 2.45) is 0 Å². The fourth-order valence-electron chi connectivity index (χ4n) is 3.95. The molecule has 2 aliphatic rings. The Hall–Kier alpha value is -3.37. The van der Waals surface area contributed by atoms with Crippen molar-refractivity contribution in [3.8, 4) is 11.5 Å². The number of thiocarbonyl (C=S) groups is 1. The van der Waals surface area contributed by atoms with Crippen LogP contribution < -0.4 is 20.3 Å². The van der Waals surface area contributed by atoms with Crippen LogP contribution >= 0.6 is 24.0 Å². The molecule has 0 aliphatic carbocycles. The lowest BCUT2D eigenvalue weighted by Crippen LogP contribution is -2.27. The maximum atomic E-state index is 13.4. The second-order valence-corrected chi connectivity index (χ2v) is 9.98. The molecule has 180 valence electrons. The Kier molecular flexibility index (Phi) is 6.48. The van der Waals surface area contributed by atoms with Crippen molar-refractivity contribution in [3.05, 3.63) is 68.5 Å². The molecule has 5 rings (SSSR count). The number of aromatic nitrogens is 2. The molecule has 1 amide bonds. The highest BCUT2D eigenvalue weighted by Gasteiger charge is 2.33. The number of hydrogen-bond donors (Lipinski definition) is 1. The maximum Gasteiger partial charge on any atom is 0.267 e. The normalized spacial score (nSPS) is 16.1. The lowest BCUT2D eigenvalue weighted by atomic mass is 10.2. The molecule has 0 atom stereocenters. The van der Waals surface area contributed by atoms with E-state index in [1.54, 1.807) is 12.3 Å². The van der Waals surface area contributed by atoms with Crippen molar-refractivity contribution < 1.29 is 14.3 Å². The molecule has 10 heteroatoms. The van der Waals surface area contributed by atoms with Gasteiger partial charge in [-0.2, -0.15) is 0 Å². The van der Waals surface area contributed by atoms with E-state index >= 15 is 0 Å². The van der Waals surface area contributed by atoms with E-state index in [1.807, 2.05) is 37.3 Å². The smallest absolute Gasteiger partial charge is 0.267 e. The van der Waals surface area contributed by atoms with Gasteiger partial charge >= 0.3 is 0 Å². The first-order chi connectivity index (χ1) is 17.0. The molecule has 2 aromatic heterocycles. The largest absolute Gasteiger partial charge is 0.454 e. The minimum atomic E-state index is -0.245. The zero-order valence-corrected chi connectivity index (χ0v) is 21.0. The third-order valence-electron chi connectivity index (χ3n) is 5.83. The van der Waals surface area contributed by atoms with Crippen LogP contribution in [0.4, 0.5) is 5.82 Å². The number of thioether (sulfide) groups is 1. The number of carbonyl (C=O) groups is 1. The molecule has 3 aromatic rings. The minimum Gasteiger partial charge on any atom is -0.454 e. The lowest BCUT2D eigenvalue weighted by molar-refractivity contribution is -0.122. The summed E-state index contributed by atoms with van der Waals surface area (Å²) in [5, 5.41) is 3.29. The van der Waals surface area contributed by atoms with Crippen LogP contribution in [0.25, 0.3) is 11.7 Å². The Morgan fingerprint density at radius 2 is 2.06 bits per heavy atom. The molecule has 1 N–H and O–H groups in total. The Bertz CT molecular complexity index is 1430. The van der Waals surface area contributed by atoms with Crippen molar-refractivity contribution in [1.29, 1.82) is 0 Å². The van der Waals surface area contributed by atoms with Gasteiger partial charge < -0.3 is 14.8 Å². The summed E-state index contributed by atoms with van der Waals surface area (Å²) in [5.41, 5.74) is 2.46. The summed E-state index contributed by atoms with van der Waals surface area (Å²) in [4.78, 5) is 33.4. The first-order valence-corrected chi connectivity index (χ1v) is 12.6. The second kappa shape index (κ2) is 9.71. The zero-order valence-electron chi connectivity index (χ0n) is 19.4. The molecular weight excluding hydrogens is 484 g/mol. The number of nitrogens with one attached hydrogen (secondary N) is 1. The number of aryl methyl sites for hydroxylation is 1. The molecule has 2 aliphatic heterocycles. The average Bonchev–Trinajstić information content (AvgIpc) is 3.41. The Balaban J connectivity index is 1.49. The maximum absolute atomic E-state index is 13.4. The van der Waals surface area contributed by atoms with Gasteiger partial charge in [0, 0.05) is 12.7 Å². The van der Waals surface area contributed by atoms with Gasteiger partial charge in [-0.25, -0.2) is 4.98 Å². The molecule has 4 heterocycles. The summed E-state index contributed by atoms with van der Waals surface area (Å²) in [5.74, 6) is 1.56. The standard InChI is InChI=1S/C25H24N4O4S2/c1-3-4-9-26-21-17(23(30)28-10-5-6-15(2)22(28)27-21)12-20-24(31)29(25(34)35-20)13-16-7-8-18-19(11-16)33-14-32-18/h5-8,10-12,26H,3-4,9,13-14H2,1-2H3/b20-12+. The quantitative estimate of drug-likeness (QED) is 0.287. The summed E-state index contributed by atoms with van der Waals surface area (Å²) in [6.07, 6.45) is 5.24. The van der Waals surface area contributed by atoms with E-state index in [-0.39, 0.29) is 18.3 Å². The average molecular weight is 509 g/mol. The van der Waals surface area contributed by atoms with E-state index in [4.69, 9.17) is 26.7 Å². The predicted octanol–water partition coefficient (Wildman–Crippen LogP) is 4.35. The number of anilines is 1. The van der Waals surface area contributed by atoms with Crippen molar-refractivity contribution in [1.82, 2.24) is 14.3 Å². The number of unbranched alkanes of at least 4 members (excludes halogenated alkanes) is 1. The van der Waals surface area contributed by atoms with Gasteiger partial charge in [0.15, 0.2) is 11.5 Å². The number of amides is 1. The minimum absolute atomic E-state index is 0.187. The summed E-state index contributed by atoms with van der Waals surface area (Å²) in [7, 11) is 0. The van der Waals surface area contributed by atoms with E-state index in [1.165, 1.54) is 21.1 Å². The highest BCUT2D eigenvalue weighted by atomic mass is 32.2. The third-order valence-corrected chi connectivity index (χ3v) is 7.21. The van der Waals surface area contributed by atoms with Gasteiger partial charge in [-0.1, -0.05) is 49.5 Å². The SMILES string of the molecule is CCCCNc1nc2c(C)cccn2c(=O)c1/C=C1/SC(=S)N(Cc2ccc3c(c2)OCO3)C1=O. The van der Waals surface area contributed by atoms with Crippen molar-refractivity contribution >= 4 is 51.7 Å². The summed E-state index contributed by atoms with van der Waals surface area (Å²) in [6.45, 7) is 5.18. The molecular formula is C25H24N4O4S2. The van der Waals surface area contributed by atoms with Gasteiger partial charge in [-0.05, 0) is 48.7 Å². The summed E-state index contributed by atoms with van der Waals surface area (Å²) in [6, 6.07) is 9.28. The molecule has 1 aromatic carbocycles. The first kappa shape index (κ1) is 23.4. The number of fused-ring (bicyclic) bond motifs is 2. The molecule has 35 heavy (non-hydrogen) atoms. The predicted molar refractivity (Wildman–Crippen MR) is 141 cm³/mol. The van der Waals surface area contributed by atoms with Crippen LogP contribution in [0.5, 0.6) is 11.5 Å². The van der Waals surface area contributed by atoms with Gasteiger partial charge in [0.25, 0.3) is 11.5 Å². The third kappa shape index (κ3) is 4.51. The van der Waals surface area contributed by atoms with Crippen LogP contribution in [0.1, 0.15) is 36.5 Å². The Morgan fingerprint density at radius 1 is 1.23 bits per heavy atom. The summed E-state index contributed by atoms with van der Waals surface area (Å²) < 4.78 is 12.7. The van der Waals surface area contributed by atoms with Crippen LogP contribution in [-0.2, 0) is 11.3 Å². The van der Waals surface area contributed by atoms with Gasteiger partial charge in [-0.3, -0.25) is 18.9 Å². The van der Waals surface area contributed by atoms with Crippen molar-refractivity contribution in [2.45, 2.75) is 33.2 Å². The van der Waals surface area contributed by atoms with Crippen LogP contribution in [0, 0.1) is 6.92 Å². The Morgan fingerprint density at radius 3 is 2.89 bits per heavy atom. The molecule has 8 nitrogen and oxygen atoms in total. The van der Waals surface area contributed by atoms with Crippen molar-refractivity contribution in [3.63, 3.8) is 0 Å². The number of hydrogen-bond acceptors (Lipinski definition) is 8. The van der Waals surface area contributed by atoms with Crippen LogP contribution in [0.2, 0.25) is 0 Å². The number of carbonyl (C=O) groups excluding carboxylic acids is 1. The second-order valence-electron chi connectivity index (χ2n) is 8.30. The summed E-state index contributed by atoms with van der Waals surface area (Å²) >= 11 is 6.70. The van der Waals surface area contributed by atoms with E-state index in [0.717, 1.165) is 24.0 Å². The highest BCUT2D eigenvalue weighted by molar-refractivity contribution is 8.26. The molecule has 0 saturated carbocycles. The fraction of sp³-hybridized carbons (Fsp3) is 0.280. The lowest BCUT2D eigenvalue weighted by Gasteiger charge is -2.15. The van der Waals surface area contributed by atoms with Gasteiger partial charge in [-0.15, -0.1) is 0 Å². The fourth-order valence-corrected chi connectivity index (χ4v) is 5.19.